The van der Waals surface area contributed by atoms with Crippen LogP contribution >= 0.6 is 12.2 Å². The van der Waals surface area contributed by atoms with Gasteiger partial charge in [-0.05, 0) is 12.1 Å². The van der Waals surface area contributed by atoms with Gasteiger partial charge < -0.3 is 6.63 Å². The van der Waals surface area contributed by atoms with Crippen molar-refractivity contribution in [2.24, 2.45) is 0 Å². The first-order valence-electron chi connectivity index (χ1n) is 2.17. The molecule has 55 valence electrons. The minimum atomic E-state index is 0. The molecular formula is C5H6CuNNaOS. The second kappa shape index (κ2) is 6.40. The summed E-state index contributed by atoms with van der Waals surface area (Å²) >= 11 is 4.67. The Morgan fingerprint density at radius 1 is 1.50 bits per heavy atom. The predicted molar refractivity (Wildman–Crippen MR) is 33.6 cm³/mol. The van der Waals surface area contributed by atoms with Gasteiger partial charge in [-0.25, -0.2) is 0 Å². The summed E-state index contributed by atoms with van der Waals surface area (Å²) in [6.45, 7) is 0. The summed E-state index contributed by atoms with van der Waals surface area (Å²) in [7, 11) is 0. The molecule has 0 saturated carbocycles. The van der Waals surface area contributed by atoms with Crippen molar-refractivity contribution in [3.63, 3.8) is 0 Å². The van der Waals surface area contributed by atoms with Gasteiger partial charge in [0.15, 0.2) is 0 Å². The Balaban J connectivity index is -0.000000213. The van der Waals surface area contributed by atoms with Gasteiger partial charge in [0.05, 0.1) is 0 Å². The molecule has 0 saturated heterocycles. The minimum absolute atomic E-state index is 0. The minimum Gasteiger partial charge on any atom is -1.00 e. The Labute approximate surface area is 98.5 Å². The van der Waals surface area contributed by atoms with Crippen LogP contribution in [0.1, 0.15) is 1.43 Å². The number of hydrogen-bond donors (Lipinski definition) is 1. The molecular weight excluding hydrogens is 209 g/mol. The number of rotatable bonds is 0. The SMILES string of the molecule is On1ccccc1=S.[Cu].[H-].[Na+]. The van der Waals surface area contributed by atoms with E-state index >= 15 is 0 Å². The van der Waals surface area contributed by atoms with Gasteiger partial charge in [-0.15, -0.1) is 0 Å². The molecule has 5 heteroatoms. The maximum Gasteiger partial charge on any atom is 1.00 e. The van der Waals surface area contributed by atoms with Crippen molar-refractivity contribution >= 4 is 12.2 Å². The van der Waals surface area contributed by atoms with Gasteiger partial charge in [0, 0.05) is 23.3 Å². The second-order valence-electron chi connectivity index (χ2n) is 1.38. The monoisotopic (exact) mass is 214 g/mol. The molecule has 1 heterocycles. The van der Waals surface area contributed by atoms with Crippen molar-refractivity contribution in [3.05, 3.63) is 29.0 Å². The van der Waals surface area contributed by atoms with Crippen molar-refractivity contribution in [2.45, 2.75) is 0 Å². The third-order valence-corrected chi connectivity index (χ3v) is 1.13. The van der Waals surface area contributed by atoms with Crippen molar-refractivity contribution in [1.29, 1.82) is 0 Å². The smallest absolute Gasteiger partial charge is 1.00 e. The maximum absolute atomic E-state index is 8.73. The van der Waals surface area contributed by atoms with Crippen molar-refractivity contribution in [1.82, 2.24) is 4.73 Å². The van der Waals surface area contributed by atoms with Gasteiger partial charge >= 0.3 is 29.6 Å². The quantitative estimate of drug-likeness (QED) is 0.326. The predicted octanol–water partition coefficient (Wildman–Crippen LogP) is -1.43. The van der Waals surface area contributed by atoms with Crippen LogP contribution < -0.4 is 29.6 Å². The van der Waals surface area contributed by atoms with Crippen LogP contribution in [0.5, 0.6) is 0 Å². The standard InChI is InChI=1S/C5H5NOS.Cu.Na.H/c7-6-4-2-1-3-5(6)8;;;/h1-4,7H;;;/q;;+1;-1. The second-order valence-corrected chi connectivity index (χ2v) is 1.80. The zero-order valence-corrected chi connectivity index (χ0v) is 9.17. The van der Waals surface area contributed by atoms with Gasteiger partial charge in [-0.3, -0.25) is 0 Å². The molecule has 2 nitrogen and oxygen atoms in total. The van der Waals surface area contributed by atoms with E-state index in [0.717, 1.165) is 4.73 Å². The Morgan fingerprint density at radius 2 is 2.10 bits per heavy atom. The summed E-state index contributed by atoms with van der Waals surface area (Å²) in [4.78, 5) is 0. The van der Waals surface area contributed by atoms with E-state index < -0.39 is 0 Å². The van der Waals surface area contributed by atoms with E-state index in [2.05, 4.69) is 12.2 Å². The van der Waals surface area contributed by atoms with E-state index in [1.807, 2.05) is 0 Å². The van der Waals surface area contributed by atoms with E-state index in [0.29, 0.717) is 4.64 Å². The summed E-state index contributed by atoms with van der Waals surface area (Å²) < 4.78 is 1.32. The summed E-state index contributed by atoms with van der Waals surface area (Å²) in [6.07, 6.45) is 1.49. The number of aromatic nitrogens is 1. The molecule has 1 N–H and O–H groups in total. The summed E-state index contributed by atoms with van der Waals surface area (Å²) in [6, 6.07) is 5.13. The van der Waals surface area contributed by atoms with Gasteiger partial charge in [-0.1, -0.05) is 18.3 Å². The summed E-state index contributed by atoms with van der Waals surface area (Å²) in [5.74, 6) is 0. The van der Waals surface area contributed by atoms with Gasteiger partial charge in [0.25, 0.3) is 0 Å². The first-order chi connectivity index (χ1) is 3.80. The molecule has 0 spiro atoms. The van der Waals surface area contributed by atoms with Gasteiger partial charge in [0.2, 0.25) is 0 Å². The van der Waals surface area contributed by atoms with Crippen LogP contribution in [-0.2, 0) is 17.1 Å². The maximum atomic E-state index is 8.73. The van der Waals surface area contributed by atoms with Crippen LogP contribution in [0, 0.1) is 4.64 Å². The van der Waals surface area contributed by atoms with Crippen LogP contribution in [-0.4, -0.2) is 9.94 Å². The van der Waals surface area contributed by atoms with Crippen LogP contribution in [0.2, 0.25) is 0 Å². The molecule has 0 aromatic carbocycles. The normalized spacial score (nSPS) is 7.20. The number of hydrogen-bond acceptors (Lipinski definition) is 2. The molecule has 0 amide bonds. The summed E-state index contributed by atoms with van der Waals surface area (Å²) in [5, 5.41) is 8.73. The fourth-order valence-corrected chi connectivity index (χ4v) is 0.558. The third kappa shape index (κ3) is 3.76. The largest absolute Gasteiger partial charge is 1.00 e. The molecule has 1 aromatic heterocycles. The average Bonchev–Trinajstić information content (AvgIpc) is 1.77. The molecule has 0 bridgehead atoms. The molecule has 0 atom stereocenters. The van der Waals surface area contributed by atoms with Gasteiger partial charge in [0.1, 0.15) is 4.64 Å². The Bertz CT molecular complexity index is 244. The molecule has 0 fully saturated rings. The Morgan fingerprint density at radius 3 is 2.40 bits per heavy atom. The Hall–Kier alpha value is 0.689. The van der Waals surface area contributed by atoms with E-state index in [1.54, 1.807) is 18.2 Å². The van der Waals surface area contributed by atoms with Crippen molar-refractivity contribution < 1.29 is 53.3 Å². The fourth-order valence-electron chi connectivity index (χ4n) is 0.419. The van der Waals surface area contributed by atoms with Crippen molar-refractivity contribution in [2.75, 3.05) is 0 Å². The molecule has 1 radical (unpaired) electrons. The van der Waals surface area contributed by atoms with Crippen LogP contribution in [0.4, 0.5) is 0 Å². The van der Waals surface area contributed by atoms with Crippen molar-refractivity contribution in [3.8, 4) is 0 Å². The van der Waals surface area contributed by atoms with Crippen LogP contribution in [0.25, 0.3) is 0 Å². The first kappa shape index (κ1) is 13.3. The molecule has 0 aliphatic rings. The molecule has 1 aromatic rings. The molecule has 0 aliphatic heterocycles. The fraction of sp³-hybridized carbons (Fsp3) is 0. The Kier molecular flexibility index (Phi) is 8.51. The number of nitrogens with zero attached hydrogens (tertiary/aromatic N) is 1. The van der Waals surface area contributed by atoms with E-state index in [1.165, 1.54) is 6.20 Å². The van der Waals surface area contributed by atoms with Crippen LogP contribution in [0.15, 0.2) is 24.4 Å². The topological polar surface area (TPSA) is 25.2 Å². The van der Waals surface area contributed by atoms with E-state index in [9.17, 15) is 0 Å². The third-order valence-electron chi connectivity index (χ3n) is 0.803. The average molecular weight is 215 g/mol. The summed E-state index contributed by atoms with van der Waals surface area (Å²) in [5.41, 5.74) is 0. The molecule has 10 heavy (non-hydrogen) atoms. The molecule has 0 aliphatic carbocycles. The molecule has 0 unspecified atom stereocenters. The van der Waals surface area contributed by atoms with Crippen LogP contribution in [0.3, 0.4) is 0 Å². The first-order valence-corrected chi connectivity index (χ1v) is 2.58. The van der Waals surface area contributed by atoms with Gasteiger partial charge in [-0.2, -0.15) is 4.73 Å². The van der Waals surface area contributed by atoms with E-state index in [-0.39, 0.29) is 48.1 Å². The zero-order chi connectivity index (χ0) is 5.98. The van der Waals surface area contributed by atoms with E-state index in [4.69, 9.17) is 5.21 Å². The molecule has 1 rings (SSSR count). The zero-order valence-electron chi connectivity index (χ0n) is 6.41. The number of pyridine rings is 1.